The van der Waals surface area contributed by atoms with E-state index in [1.54, 1.807) is 0 Å². The van der Waals surface area contributed by atoms with Gasteiger partial charge in [-0.1, -0.05) is 30.3 Å². The number of esters is 1. The Morgan fingerprint density at radius 2 is 1.89 bits per heavy atom. The summed E-state index contributed by atoms with van der Waals surface area (Å²) >= 11 is 0. The zero-order valence-electron chi connectivity index (χ0n) is 11.5. The van der Waals surface area contributed by atoms with Crippen LogP contribution in [0.1, 0.15) is 25.5 Å². The van der Waals surface area contributed by atoms with Crippen LogP contribution in [-0.4, -0.2) is 31.6 Å². The largest absolute Gasteiger partial charge is 0.467 e. The summed E-state index contributed by atoms with van der Waals surface area (Å²) in [6.07, 6.45) is 0. The lowest BCUT2D eigenvalue weighted by Crippen LogP contribution is -2.47. The maximum atomic E-state index is 11.5. The van der Waals surface area contributed by atoms with Crippen LogP contribution in [0.4, 0.5) is 0 Å². The van der Waals surface area contributed by atoms with Crippen molar-refractivity contribution in [3.8, 4) is 0 Å². The Kier molecular flexibility index (Phi) is 6.02. The van der Waals surface area contributed by atoms with Crippen molar-refractivity contribution in [1.29, 1.82) is 0 Å². The summed E-state index contributed by atoms with van der Waals surface area (Å²) in [7, 11) is 1.30. The second kappa shape index (κ2) is 7.53. The standard InChI is InChI=1S/C14H20N2O3/c1-10(12-7-5-4-6-8-12)15-9-13(14(18)19-3)16-11(2)17/h4-8,10,13,15H,9H2,1-3H3,(H,16,17). The predicted molar refractivity (Wildman–Crippen MR) is 72.5 cm³/mol. The second-order valence-corrected chi connectivity index (χ2v) is 4.32. The van der Waals surface area contributed by atoms with E-state index in [9.17, 15) is 9.59 Å². The van der Waals surface area contributed by atoms with E-state index in [1.165, 1.54) is 14.0 Å². The molecule has 19 heavy (non-hydrogen) atoms. The highest BCUT2D eigenvalue weighted by Gasteiger charge is 2.20. The van der Waals surface area contributed by atoms with Crippen molar-refractivity contribution in [3.63, 3.8) is 0 Å². The van der Waals surface area contributed by atoms with E-state index in [0.29, 0.717) is 6.54 Å². The quantitative estimate of drug-likeness (QED) is 0.753. The van der Waals surface area contributed by atoms with Gasteiger partial charge in [-0.25, -0.2) is 4.79 Å². The fraction of sp³-hybridized carbons (Fsp3) is 0.429. The van der Waals surface area contributed by atoms with Crippen LogP contribution in [0.2, 0.25) is 0 Å². The average molecular weight is 264 g/mol. The molecule has 0 heterocycles. The Hall–Kier alpha value is -1.88. The number of rotatable bonds is 6. The molecule has 2 N–H and O–H groups in total. The van der Waals surface area contributed by atoms with Crippen molar-refractivity contribution < 1.29 is 14.3 Å². The summed E-state index contributed by atoms with van der Waals surface area (Å²) in [5.41, 5.74) is 1.12. The lowest BCUT2D eigenvalue weighted by molar-refractivity contribution is -0.144. The van der Waals surface area contributed by atoms with Gasteiger partial charge in [0.25, 0.3) is 0 Å². The van der Waals surface area contributed by atoms with Crippen molar-refractivity contribution in [1.82, 2.24) is 10.6 Å². The van der Waals surface area contributed by atoms with E-state index in [-0.39, 0.29) is 11.9 Å². The Morgan fingerprint density at radius 3 is 2.42 bits per heavy atom. The van der Waals surface area contributed by atoms with E-state index in [4.69, 9.17) is 0 Å². The summed E-state index contributed by atoms with van der Waals surface area (Å²) in [4.78, 5) is 22.6. The molecule has 1 aromatic carbocycles. The molecule has 0 aliphatic rings. The first kappa shape index (κ1) is 15.2. The molecular formula is C14H20N2O3. The van der Waals surface area contributed by atoms with E-state index in [0.717, 1.165) is 5.56 Å². The molecule has 5 heteroatoms. The molecule has 0 bridgehead atoms. The molecule has 0 saturated heterocycles. The lowest BCUT2D eigenvalue weighted by Gasteiger charge is -2.20. The molecule has 5 nitrogen and oxygen atoms in total. The molecule has 0 saturated carbocycles. The van der Waals surface area contributed by atoms with E-state index in [2.05, 4.69) is 15.4 Å². The van der Waals surface area contributed by atoms with Gasteiger partial charge in [-0.2, -0.15) is 0 Å². The summed E-state index contributed by atoms with van der Waals surface area (Å²) in [5.74, 6) is -0.715. The topological polar surface area (TPSA) is 67.4 Å². The third kappa shape index (κ3) is 5.09. The van der Waals surface area contributed by atoms with Crippen LogP contribution in [0.5, 0.6) is 0 Å². The molecule has 0 spiro atoms. The summed E-state index contributed by atoms with van der Waals surface area (Å²) in [6, 6.07) is 9.28. The summed E-state index contributed by atoms with van der Waals surface area (Å²) in [5, 5.41) is 5.77. The van der Waals surface area contributed by atoms with Crippen molar-refractivity contribution in [3.05, 3.63) is 35.9 Å². The molecule has 0 aromatic heterocycles. The molecule has 0 fully saturated rings. The highest BCUT2D eigenvalue weighted by atomic mass is 16.5. The molecule has 0 radical (unpaired) electrons. The third-order valence-corrected chi connectivity index (χ3v) is 2.79. The Labute approximate surface area is 113 Å². The van der Waals surface area contributed by atoms with Crippen LogP contribution in [0, 0.1) is 0 Å². The van der Waals surface area contributed by atoms with Gasteiger partial charge in [0.1, 0.15) is 6.04 Å². The number of carbonyl (C=O) groups is 2. The number of methoxy groups -OCH3 is 1. The molecule has 2 atom stereocenters. The van der Waals surface area contributed by atoms with Gasteiger partial charge in [-0.15, -0.1) is 0 Å². The maximum absolute atomic E-state index is 11.5. The van der Waals surface area contributed by atoms with Gasteiger partial charge < -0.3 is 15.4 Å². The van der Waals surface area contributed by atoms with Crippen LogP contribution in [-0.2, 0) is 14.3 Å². The highest BCUT2D eigenvalue weighted by molar-refractivity contribution is 5.83. The first-order valence-electron chi connectivity index (χ1n) is 6.18. The summed E-state index contributed by atoms with van der Waals surface area (Å²) < 4.78 is 4.66. The van der Waals surface area contributed by atoms with Crippen LogP contribution >= 0.6 is 0 Å². The van der Waals surface area contributed by atoms with Gasteiger partial charge in [0.2, 0.25) is 5.91 Å². The van der Waals surface area contributed by atoms with Gasteiger partial charge >= 0.3 is 5.97 Å². The highest BCUT2D eigenvalue weighted by Crippen LogP contribution is 2.10. The lowest BCUT2D eigenvalue weighted by atomic mass is 10.1. The minimum absolute atomic E-state index is 0.0853. The number of hydrogen-bond donors (Lipinski definition) is 2. The van der Waals surface area contributed by atoms with Gasteiger partial charge in [-0.05, 0) is 12.5 Å². The second-order valence-electron chi connectivity index (χ2n) is 4.32. The minimum Gasteiger partial charge on any atom is -0.467 e. The molecule has 1 amide bonds. The van der Waals surface area contributed by atoms with E-state index < -0.39 is 12.0 Å². The maximum Gasteiger partial charge on any atom is 0.329 e. The SMILES string of the molecule is COC(=O)C(CNC(C)c1ccccc1)NC(C)=O. The normalized spacial score (nSPS) is 13.4. The number of amides is 1. The van der Waals surface area contributed by atoms with E-state index in [1.807, 2.05) is 37.3 Å². The molecule has 0 aliphatic heterocycles. The van der Waals surface area contributed by atoms with Crippen LogP contribution in [0.3, 0.4) is 0 Å². The number of benzene rings is 1. The number of hydrogen-bond acceptors (Lipinski definition) is 4. The fourth-order valence-electron chi connectivity index (χ4n) is 1.74. The van der Waals surface area contributed by atoms with Crippen LogP contribution < -0.4 is 10.6 Å². The zero-order chi connectivity index (χ0) is 14.3. The van der Waals surface area contributed by atoms with Crippen molar-refractivity contribution in [2.75, 3.05) is 13.7 Å². The van der Waals surface area contributed by atoms with Crippen molar-refractivity contribution >= 4 is 11.9 Å². The first-order chi connectivity index (χ1) is 9.04. The number of ether oxygens (including phenoxy) is 1. The van der Waals surface area contributed by atoms with Crippen molar-refractivity contribution in [2.45, 2.75) is 25.9 Å². The van der Waals surface area contributed by atoms with Crippen LogP contribution in [0.25, 0.3) is 0 Å². The van der Waals surface area contributed by atoms with Gasteiger partial charge in [0, 0.05) is 19.5 Å². The van der Waals surface area contributed by atoms with Crippen LogP contribution in [0.15, 0.2) is 30.3 Å². The van der Waals surface area contributed by atoms with E-state index >= 15 is 0 Å². The number of nitrogens with one attached hydrogen (secondary N) is 2. The zero-order valence-corrected chi connectivity index (χ0v) is 11.5. The monoisotopic (exact) mass is 264 g/mol. The van der Waals surface area contributed by atoms with Gasteiger partial charge in [0.05, 0.1) is 7.11 Å². The van der Waals surface area contributed by atoms with Gasteiger partial charge in [-0.3, -0.25) is 4.79 Å². The fourth-order valence-corrected chi connectivity index (χ4v) is 1.74. The molecule has 104 valence electrons. The predicted octanol–water partition coefficient (Wildman–Crippen LogP) is 1.01. The molecular weight excluding hydrogens is 244 g/mol. The first-order valence-corrected chi connectivity index (χ1v) is 6.18. The average Bonchev–Trinajstić information content (AvgIpc) is 2.42. The Balaban J connectivity index is 2.56. The van der Waals surface area contributed by atoms with Gasteiger partial charge in [0.15, 0.2) is 0 Å². The smallest absolute Gasteiger partial charge is 0.329 e. The molecule has 1 aromatic rings. The molecule has 1 rings (SSSR count). The third-order valence-electron chi connectivity index (χ3n) is 2.79. The Bertz CT molecular complexity index is 420. The minimum atomic E-state index is -0.673. The molecule has 0 aliphatic carbocycles. The molecule has 2 unspecified atom stereocenters. The number of carbonyl (C=O) groups excluding carboxylic acids is 2. The van der Waals surface area contributed by atoms with Crippen molar-refractivity contribution in [2.24, 2.45) is 0 Å². The summed E-state index contributed by atoms with van der Waals surface area (Å²) in [6.45, 7) is 3.69. The Morgan fingerprint density at radius 1 is 1.26 bits per heavy atom.